The van der Waals surface area contributed by atoms with Crippen molar-refractivity contribution in [2.45, 2.75) is 37.0 Å². The second kappa shape index (κ2) is 6.71. The predicted octanol–water partition coefficient (Wildman–Crippen LogP) is 4.83. The molecule has 0 atom stereocenters. The molecule has 0 aliphatic carbocycles. The molecule has 0 radical (unpaired) electrons. The largest absolute Gasteiger partial charge is 0.491 e. The van der Waals surface area contributed by atoms with Crippen molar-refractivity contribution in [3.63, 3.8) is 0 Å². The number of nitrogens with two attached hydrogens (primary N) is 1. The highest BCUT2D eigenvalue weighted by Gasteiger charge is 2.09. The van der Waals surface area contributed by atoms with E-state index < -0.39 is 0 Å². The summed E-state index contributed by atoms with van der Waals surface area (Å²) in [6, 6.07) is 12.4. The number of aryl methyl sites for hydroxylation is 2. The average molecular weight is 287 g/mol. The third-order valence-corrected chi connectivity index (χ3v) is 4.29. The van der Waals surface area contributed by atoms with Gasteiger partial charge in [-0.3, -0.25) is 0 Å². The summed E-state index contributed by atoms with van der Waals surface area (Å²) >= 11 is 1.69. The Bertz CT molecular complexity index is 596. The number of anilines is 1. The molecule has 2 N–H and O–H groups in total. The van der Waals surface area contributed by atoms with Crippen molar-refractivity contribution >= 4 is 17.4 Å². The number of para-hydroxylation sites is 1. The molecule has 0 fully saturated rings. The van der Waals surface area contributed by atoms with Crippen LogP contribution < -0.4 is 10.5 Å². The van der Waals surface area contributed by atoms with E-state index in [0.29, 0.717) is 6.61 Å². The molecule has 0 spiro atoms. The Labute approximate surface area is 125 Å². The summed E-state index contributed by atoms with van der Waals surface area (Å²) in [5.74, 6) is 0.779. The molecule has 2 aromatic carbocycles. The number of rotatable bonds is 5. The lowest BCUT2D eigenvalue weighted by Gasteiger charge is -2.12. The van der Waals surface area contributed by atoms with Gasteiger partial charge < -0.3 is 10.5 Å². The van der Waals surface area contributed by atoms with Gasteiger partial charge in [0.1, 0.15) is 5.75 Å². The smallest absolute Gasteiger partial charge is 0.143 e. The Morgan fingerprint density at radius 1 is 1.10 bits per heavy atom. The van der Waals surface area contributed by atoms with Crippen LogP contribution in [-0.4, -0.2) is 6.61 Å². The molecule has 0 amide bonds. The Morgan fingerprint density at radius 3 is 2.60 bits per heavy atom. The van der Waals surface area contributed by atoms with Gasteiger partial charge >= 0.3 is 0 Å². The number of nitrogen functional groups attached to an aromatic ring is 1. The summed E-state index contributed by atoms with van der Waals surface area (Å²) in [5, 5.41) is 0. The fourth-order valence-electron chi connectivity index (χ4n) is 1.98. The van der Waals surface area contributed by atoms with Crippen molar-refractivity contribution in [1.29, 1.82) is 0 Å². The van der Waals surface area contributed by atoms with Crippen molar-refractivity contribution < 1.29 is 4.74 Å². The standard InChI is InChI=1S/C17H21NOS/c1-4-10-19-14-6-5-7-16(17(14)18)20-15-9-8-12(2)11-13(15)3/h5-9,11H,4,10,18H2,1-3H3. The van der Waals surface area contributed by atoms with Gasteiger partial charge in [0, 0.05) is 9.79 Å². The quantitative estimate of drug-likeness (QED) is 0.800. The van der Waals surface area contributed by atoms with Crippen LogP contribution in [0.15, 0.2) is 46.2 Å². The molecule has 0 heterocycles. The first kappa shape index (κ1) is 14.8. The zero-order valence-electron chi connectivity index (χ0n) is 12.3. The summed E-state index contributed by atoms with van der Waals surface area (Å²) in [5.41, 5.74) is 9.48. The molecule has 2 rings (SSSR count). The van der Waals surface area contributed by atoms with Crippen LogP contribution in [0.1, 0.15) is 24.5 Å². The van der Waals surface area contributed by atoms with Gasteiger partial charge in [0.25, 0.3) is 0 Å². The normalized spacial score (nSPS) is 10.6. The van der Waals surface area contributed by atoms with Crippen molar-refractivity contribution in [2.24, 2.45) is 0 Å². The fourth-order valence-corrected chi connectivity index (χ4v) is 2.93. The monoisotopic (exact) mass is 287 g/mol. The van der Waals surface area contributed by atoms with Gasteiger partial charge in [-0.25, -0.2) is 0 Å². The highest BCUT2D eigenvalue weighted by Crippen LogP contribution is 2.38. The Balaban J connectivity index is 2.24. The molecule has 2 aromatic rings. The minimum absolute atomic E-state index is 0.696. The molecule has 3 heteroatoms. The second-order valence-electron chi connectivity index (χ2n) is 4.89. The summed E-state index contributed by atoms with van der Waals surface area (Å²) in [6.45, 7) is 7.02. The van der Waals surface area contributed by atoms with Gasteiger partial charge in [-0.05, 0) is 44.0 Å². The Hall–Kier alpha value is -1.61. The second-order valence-corrected chi connectivity index (χ2v) is 5.97. The van der Waals surface area contributed by atoms with Gasteiger partial charge in [-0.15, -0.1) is 0 Å². The van der Waals surface area contributed by atoms with Crippen molar-refractivity contribution in [2.75, 3.05) is 12.3 Å². The first-order chi connectivity index (χ1) is 9.61. The van der Waals surface area contributed by atoms with Gasteiger partial charge in [0.15, 0.2) is 0 Å². The van der Waals surface area contributed by atoms with E-state index >= 15 is 0 Å². The highest BCUT2D eigenvalue weighted by molar-refractivity contribution is 7.99. The highest BCUT2D eigenvalue weighted by atomic mass is 32.2. The van der Waals surface area contributed by atoms with E-state index in [1.165, 1.54) is 16.0 Å². The van der Waals surface area contributed by atoms with Crippen LogP contribution in [-0.2, 0) is 0 Å². The SMILES string of the molecule is CCCOc1cccc(Sc2ccc(C)cc2C)c1N. The molecule has 0 aliphatic rings. The molecule has 20 heavy (non-hydrogen) atoms. The molecular formula is C17H21NOS. The van der Waals surface area contributed by atoms with E-state index in [2.05, 4.69) is 39.0 Å². The average Bonchev–Trinajstić information content (AvgIpc) is 2.42. The first-order valence-corrected chi connectivity index (χ1v) is 7.70. The molecule has 2 nitrogen and oxygen atoms in total. The first-order valence-electron chi connectivity index (χ1n) is 6.88. The molecule has 0 aliphatic heterocycles. The van der Waals surface area contributed by atoms with Crippen LogP contribution in [0.25, 0.3) is 0 Å². The lowest BCUT2D eigenvalue weighted by atomic mass is 10.2. The lowest BCUT2D eigenvalue weighted by Crippen LogP contribution is -2.00. The van der Waals surface area contributed by atoms with Gasteiger partial charge in [0.05, 0.1) is 12.3 Å². The van der Waals surface area contributed by atoms with Crippen LogP contribution in [0.4, 0.5) is 5.69 Å². The number of hydrogen-bond acceptors (Lipinski definition) is 3. The van der Waals surface area contributed by atoms with Crippen LogP contribution in [0.2, 0.25) is 0 Å². The van der Waals surface area contributed by atoms with Crippen molar-refractivity contribution in [3.8, 4) is 5.75 Å². The van der Waals surface area contributed by atoms with Gasteiger partial charge in [-0.1, -0.05) is 42.4 Å². The Morgan fingerprint density at radius 2 is 1.90 bits per heavy atom. The number of ether oxygens (including phenoxy) is 1. The maximum atomic E-state index is 6.21. The third-order valence-electron chi connectivity index (χ3n) is 3.04. The van der Waals surface area contributed by atoms with Crippen LogP contribution >= 0.6 is 11.8 Å². The molecule has 106 valence electrons. The van der Waals surface area contributed by atoms with E-state index in [4.69, 9.17) is 10.5 Å². The fraction of sp³-hybridized carbons (Fsp3) is 0.294. The van der Waals surface area contributed by atoms with E-state index in [9.17, 15) is 0 Å². The van der Waals surface area contributed by atoms with E-state index in [1.54, 1.807) is 11.8 Å². The molecule has 0 bridgehead atoms. The summed E-state index contributed by atoms with van der Waals surface area (Å²) in [7, 11) is 0. The summed E-state index contributed by atoms with van der Waals surface area (Å²) in [6.07, 6.45) is 0.980. The predicted molar refractivity (Wildman–Crippen MR) is 86.7 cm³/mol. The van der Waals surface area contributed by atoms with Crippen LogP contribution in [0.5, 0.6) is 5.75 Å². The molecular weight excluding hydrogens is 266 g/mol. The zero-order valence-corrected chi connectivity index (χ0v) is 13.1. The molecule has 0 saturated carbocycles. The molecule has 0 saturated heterocycles. The lowest BCUT2D eigenvalue weighted by molar-refractivity contribution is 0.318. The van der Waals surface area contributed by atoms with Gasteiger partial charge in [-0.2, -0.15) is 0 Å². The van der Waals surface area contributed by atoms with Crippen LogP contribution in [0.3, 0.4) is 0 Å². The zero-order chi connectivity index (χ0) is 14.5. The topological polar surface area (TPSA) is 35.2 Å². The van der Waals surface area contributed by atoms with E-state index in [0.717, 1.165) is 22.8 Å². The number of hydrogen-bond donors (Lipinski definition) is 1. The maximum absolute atomic E-state index is 6.21. The minimum atomic E-state index is 0.696. The summed E-state index contributed by atoms with van der Waals surface area (Å²) < 4.78 is 5.68. The maximum Gasteiger partial charge on any atom is 0.143 e. The Kier molecular flexibility index (Phi) is 4.96. The van der Waals surface area contributed by atoms with Crippen molar-refractivity contribution in [1.82, 2.24) is 0 Å². The van der Waals surface area contributed by atoms with Gasteiger partial charge in [0.2, 0.25) is 0 Å². The van der Waals surface area contributed by atoms with E-state index in [-0.39, 0.29) is 0 Å². The molecule has 0 unspecified atom stereocenters. The van der Waals surface area contributed by atoms with Crippen molar-refractivity contribution in [3.05, 3.63) is 47.5 Å². The molecule has 0 aromatic heterocycles. The summed E-state index contributed by atoms with van der Waals surface area (Å²) in [4.78, 5) is 2.28. The third kappa shape index (κ3) is 3.48. The number of benzene rings is 2. The minimum Gasteiger partial charge on any atom is -0.491 e. The van der Waals surface area contributed by atoms with Crippen LogP contribution in [0, 0.1) is 13.8 Å². The van der Waals surface area contributed by atoms with E-state index in [1.807, 2.05) is 18.2 Å².